The predicted molar refractivity (Wildman–Crippen MR) is 91.1 cm³/mol. The first-order valence-electron chi connectivity index (χ1n) is 7.64. The van der Waals surface area contributed by atoms with Gasteiger partial charge in [-0.1, -0.05) is 0 Å². The second-order valence-corrected chi connectivity index (χ2v) is 6.37. The maximum Gasteiger partial charge on any atom is 0.273 e. The van der Waals surface area contributed by atoms with Gasteiger partial charge < -0.3 is 20.3 Å². The van der Waals surface area contributed by atoms with Crippen LogP contribution < -0.4 is 15.4 Å². The summed E-state index contributed by atoms with van der Waals surface area (Å²) >= 11 is 1.40. The zero-order chi connectivity index (χ0) is 17.1. The zero-order valence-electron chi connectivity index (χ0n) is 13.4. The number of carbonyl (C=O) groups excluding carboxylic acids is 1. The van der Waals surface area contributed by atoms with Crippen LogP contribution in [-0.2, 0) is 6.54 Å². The molecule has 2 aromatic rings. The quantitative estimate of drug-likeness (QED) is 0.909. The summed E-state index contributed by atoms with van der Waals surface area (Å²) in [5.41, 5.74) is 6.77. The van der Waals surface area contributed by atoms with E-state index in [9.17, 15) is 9.18 Å². The molecule has 0 radical (unpaired) electrons. The van der Waals surface area contributed by atoms with E-state index in [-0.39, 0.29) is 17.5 Å². The highest BCUT2D eigenvalue weighted by atomic mass is 32.1. The highest BCUT2D eigenvalue weighted by Gasteiger charge is 2.24. The summed E-state index contributed by atoms with van der Waals surface area (Å²) in [4.78, 5) is 20.5. The molecule has 24 heavy (non-hydrogen) atoms. The predicted octanol–water partition coefficient (Wildman–Crippen LogP) is 1.71. The molecule has 128 valence electrons. The number of aromatic nitrogens is 1. The number of anilines is 1. The van der Waals surface area contributed by atoms with E-state index in [0.717, 1.165) is 10.7 Å². The van der Waals surface area contributed by atoms with Crippen molar-refractivity contribution in [3.05, 3.63) is 40.1 Å². The molecule has 1 aromatic carbocycles. The van der Waals surface area contributed by atoms with Gasteiger partial charge in [-0.25, -0.2) is 9.37 Å². The third-order valence-corrected chi connectivity index (χ3v) is 4.88. The van der Waals surface area contributed by atoms with E-state index >= 15 is 0 Å². The first-order valence-corrected chi connectivity index (χ1v) is 8.52. The summed E-state index contributed by atoms with van der Waals surface area (Å²) in [7, 11) is 1.44. The molecule has 1 aromatic heterocycles. The smallest absolute Gasteiger partial charge is 0.273 e. The van der Waals surface area contributed by atoms with Crippen LogP contribution in [0.2, 0.25) is 0 Å². The number of hydrogen-bond acceptors (Lipinski definition) is 6. The number of methoxy groups -OCH3 is 1. The number of thiazole rings is 1. The summed E-state index contributed by atoms with van der Waals surface area (Å²) in [5, 5.41) is 2.50. The fourth-order valence-corrected chi connectivity index (χ4v) is 3.33. The number of amides is 1. The van der Waals surface area contributed by atoms with Crippen LogP contribution >= 0.6 is 11.3 Å². The van der Waals surface area contributed by atoms with Gasteiger partial charge in [-0.05, 0) is 12.1 Å². The van der Waals surface area contributed by atoms with Crippen molar-refractivity contribution in [2.75, 3.05) is 38.2 Å². The van der Waals surface area contributed by atoms with Gasteiger partial charge in [0.15, 0.2) is 11.6 Å². The highest BCUT2D eigenvalue weighted by molar-refractivity contribution is 7.09. The average Bonchev–Trinajstić information content (AvgIpc) is 3.10. The first-order chi connectivity index (χ1) is 11.6. The number of nitrogens with zero attached hydrogens (tertiary/aromatic N) is 3. The largest absolute Gasteiger partial charge is 0.494 e. The number of benzene rings is 1. The monoisotopic (exact) mass is 350 g/mol. The van der Waals surface area contributed by atoms with Gasteiger partial charge >= 0.3 is 0 Å². The molecule has 1 aliphatic rings. The minimum atomic E-state index is -0.384. The Morgan fingerprint density at radius 3 is 2.71 bits per heavy atom. The number of nitrogens with two attached hydrogens (primary N) is 1. The molecule has 2 N–H and O–H groups in total. The average molecular weight is 350 g/mol. The van der Waals surface area contributed by atoms with Crippen LogP contribution in [-0.4, -0.2) is 49.1 Å². The van der Waals surface area contributed by atoms with Crippen molar-refractivity contribution in [3.63, 3.8) is 0 Å². The van der Waals surface area contributed by atoms with Gasteiger partial charge in [-0.15, -0.1) is 11.3 Å². The van der Waals surface area contributed by atoms with Gasteiger partial charge in [0.1, 0.15) is 10.7 Å². The number of rotatable bonds is 4. The molecule has 0 atom stereocenters. The molecule has 1 aliphatic heterocycles. The fraction of sp³-hybridized carbons (Fsp3) is 0.375. The molecule has 1 saturated heterocycles. The van der Waals surface area contributed by atoms with Crippen molar-refractivity contribution in [2.24, 2.45) is 5.73 Å². The van der Waals surface area contributed by atoms with Crippen LogP contribution in [0.4, 0.5) is 10.1 Å². The number of piperazine rings is 1. The van der Waals surface area contributed by atoms with Gasteiger partial charge in [0.25, 0.3) is 5.91 Å². The minimum Gasteiger partial charge on any atom is -0.494 e. The van der Waals surface area contributed by atoms with Crippen molar-refractivity contribution in [2.45, 2.75) is 6.54 Å². The Hall–Kier alpha value is -2.19. The van der Waals surface area contributed by atoms with Gasteiger partial charge in [0, 0.05) is 49.9 Å². The van der Waals surface area contributed by atoms with E-state index in [0.29, 0.717) is 38.4 Å². The second kappa shape index (κ2) is 7.14. The molecule has 8 heteroatoms. The van der Waals surface area contributed by atoms with E-state index in [1.807, 2.05) is 6.07 Å². The summed E-state index contributed by atoms with van der Waals surface area (Å²) in [6, 6.07) is 4.91. The fourth-order valence-electron chi connectivity index (χ4n) is 2.68. The van der Waals surface area contributed by atoms with E-state index in [1.165, 1.54) is 24.5 Å². The third kappa shape index (κ3) is 3.34. The van der Waals surface area contributed by atoms with Crippen LogP contribution in [0.15, 0.2) is 23.6 Å². The molecule has 3 rings (SSSR count). The van der Waals surface area contributed by atoms with Crippen LogP contribution in [0.25, 0.3) is 0 Å². The molecule has 1 fully saturated rings. The standard InChI is InChI=1S/C16H19FN4O2S/c1-23-14-3-2-11(8-12(14)17)20-4-6-21(7-5-20)16(22)13-10-24-15(9-18)19-13/h2-3,8,10H,4-7,9,18H2,1H3. The Morgan fingerprint density at radius 2 is 2.12 bits per heavy atom. The van der Waals surface area contributed by atoms with Crippen molar-refractivity contribution in [3.8, 4) is 5.75 Å². The van der Waals surface area contributed by atoms with Gasteiger partial charge in [-0.3, -0.25) is 4.79 Å². The van der Waals surface area contributed by atoms with Crippen molar-refractivity contribution < 1.29 is 13.9 Å². The lowest BCUT2D eigenvalue weighted by atomic mass is 10.2. The second-order valence-electron chi connectivity index (χ2n) is 5.43. The highest BCUT2D eigenvalue weighted by Crippen LogP contribution is 2.24. The molecule has 2 heterocycles. The summed E-state index contributed by atoms with van der Waals surface area (Å²) in [6.45, 7) is 2.77. The lowest BCUT2D eigenvalue weighted by molar-refractivity contribution is 0.0741. The molecular weight excluding hydrogens is 331 g/mol. The molecule has 0 unspecified atom stereocenters. The van der Waals surface area contributed by atoms with Crippen LogP contribution in [0, 0.1) is 5.82 Å². The van der Waals surface area contributed by atoms with Crippen LogP contribution in [0.5, 0.6) is 5.75 Å². The maximum atomic E-state index is 13.8. The Kier molecular flexibility index (Phi) is 4.96. The topological polar surface area (TPSA) is 71.7 Å². The Morgan fingerprint density at radius 1 is 1.38 bits per heavy atom. The normalized spacial score (nSPS) is 14.8. The molecule has 0 saturated carbocycles. The van der Waals surface area contributed by atoms with E-state index in [1.54, 1.807) is 16.3 Å². The SMILES string of the molecule is COc1ccc(N2CCN(C(=O)c3csc(CN)n3)CC2)cc1F. The van der Waals surface area contributed by atoms with Crippen LogP contribution in [0.3, 0.4) is 0 Å². The molecule has 6 nitrogen and oxygen atoms in total. The number of halogens is 1. The summed E-state index contributed by atoms with van der Waals surface area (Å²) in [6.07, 6.45) is 0. The Balaban J connectivity index is 1.63. The van der Waals surface area contributed by atoms with E-state index in [4.69, 9.17) is 10.5 Å². The molecular formula is C16H19FN4O2S. The van der Waals surface area contributed by atoms with E-state index in [2.05, 4.69) is 9.88 Å². The van der Waals surface area contributed by atoms with Crippen molar-refractivity contribution in [1.29, 1.82) is 0 Å². The van der Waals surface area contributed by atoms with E-state index < -0.39 is 0 Å². The summed E-state index contributed by atoms with van der Waals surface area (Å²) < 4.78 is 18.8. The molecule has 0 spiro atoms. The lowest BCUT2D eigenvalue weighted by Gasteiger charge is -2.35. The number of hydrogen-bond donors (Lipinski definition) is 1. The maximum absolute atomic E-state index is 13.8. The van der Waals surface area contributed by atoms with Gasteiger partial charge in [0.2, 0.25) is 0 Å². The lowest BCUT2D eigenvalue weighted by Crippen LogP contribution is -2.48. The Labute approximate surface area is 143 Å². The van der Waals surface area contributed by atoms with Gasteiger partial charge in [-0.2, -0.15) is 0 Å². The van der Waals surface area contributed by atoms with Crippen molar-refractivity contribution in [1.82, 2.24) is 9.88 Å². The third-order valence-electron chi connectivity index (χ3n) is 4.01. The summed E-state index contributed by atoms with van der Waals surface area (Å²) in [5.74, 6) is -0.233. The van der Waals surface area contributed by atoms with Crippen molar-refractivity contribution >= 4 is 22.9 Å². The first kappa shape index (κ1) is 16.7. The molecule has 0 bridgehead atoms. The molecule has 0 aliphatic carbocycles. The number of carbonyl (C=O) groups is 1. The minimum absolute atomic E-state index is 0.0773. The molecule has 1 amide bonds. The Bertz CT molecular complexity index is 729. The number of ether oxygens (including phenoxy) is 1. The van der Waals surface area contributed by atoms with Gasteiger partial charge in [0.05, 0.1) is 7.11 Å². The zero-order valence-corrected chi connectivity index (χ0v) is 14.2. The van der Waals surface area contributed by atoms with Crippen LogP contribution in [0.1, 0.15) is 15.5 Å².